The molecule has 0 atom stereocenters. The second-order valence-electron chi connectivity index (χ2n) is 4.38. The van der Waals surface area contributed by atoms with Gasteiger partial charge in [0.15, 0.2) is 6.61 Å². The monoisotopic (exact) mass is 389 g/mol. The zero-order chi connectivity index (χ0) is 15.0. The molecule has 0 heterocycles. The van der Waals surface area contributed by atoms with Crippen molar-refractivity contribution in [2.24, 2.45) is 0 Å². The van der Waals surface area contributed by atoms with Crippen molar-refractivity contribution in [1.29, 1.82) is 0 Å². The lowest BCUT2D eigenvalue weighted by atomic mass is 10.2. The number of carbonyl (C=O) groups excluding carboxylic acids is 2. The summed E-state index contributed by atoms with van der Waals surface area (Å²) in [5.74, 6) is -0.588. The summed E-state index contributed by atoms with van der Waals surface area (Å²) in [6.45, 7) is 5.16. The molecule has 110 valence electrons. The fraction of sp³-hybridized carbons (Fsp3) is 0.467. The van der Waals surface area contributed by atoms with Gasteiger partial charge in [0.1, 0.15) is 0 Å². The zero-order valence-electron chi connectivity index (χ0n) is 11.9. The van der Waals surface area contributed by atoms with Crippen molar-refractivity contribution in [2.75, 3.05) is 19.7 Å². The number of ether oxygens (including phenoxy) is 1. The standard InChI is InChI=1S/C15H20INO3/c1-3-5-10-17(4-2)14(18)11-20-15(19)12-8-6-7-9-13(12)16/h6-9H,3-5,10-11H2,1-2H3. The lowest BCUT2D eigenvalue weighted by Crippen LogP contribution is -2.35. The summed E-state index contributed by atoms with van der Waals surface area (Å²) < 4.78 is 5.92. The van der Waals surface area contributed by atoms with Gasteiger partial charge < -0.3 is 9.64 Å². The summed E-state index contributed by atoms with van der Waals surface area (Å²) >= 11 is 2.08. The van der Waals surface area contributed by atoms with Gasteiger partial charge >= 0.3 is 5.97 Å². The van der Waals surface area contributed by atoms with Crippen molar-refractivity contribution in [3.8, 4) is 0 Å². The number of hydrogen-bond acceptors (Lipinski definition) is 3. The number of halogens is 1. The maximum atomic E-state index is 11.9. The molecule has 0 N–H and O–H groups in total. The van der Waals surface area contributed by atoms with E-state index in [-0.39, 0.29) is 12.5 Å². The first-order valence-corrected chi connectivity index (χ1v) is 7.87. The van der Waals surface area contributed by atoms with Crippen LogP contribution in [0.15, 0.2) is 24.3 Å². The highest BCUT2D eigenvalue weighted by atomic mass is 127. The Morgan fingerprint density at radius 2 is 1.95 bits per heavy atom. The van der Waals surface area contributed by atoms with Crippen molar-refractivity contribution in [2.45, 2.75) is 26.7 Å². The number of rotatable bonds is 7. The van der Waals surface area contributed by atoms with Crippen molar-refractivity contribution >= 4 is 34.5 Å². The highest BCUT2D eigenvalue weighted by Gasteiger charge is 2.16. The Bertz CT molecular complexity index is 462. The quantitative estimate of drug-likeness (QED) is 0.532. The molecule has 0 aliphatic heterocycles. The molecule has 1 aromatic rings. The second-order valence-corrected chi connectivity index (χ2v) is 5.55. The first kappa shape index (κ1) is 16.9. The highest BCUT2D eigenvalue weighted by molar-refractivity contribution is 14.1. The van der Waals surface area contributed by atoms with Crippen LogP contribution in [-0.2, 0) is 9.53 Å². The summed E-state index contributed by atoms with van der Waals surface area (Å²) in [7, 11) is 0. The molecule has 0 saturated heterocycles. The Morgan fingerprint density at radius 3 is 2.55 bits per heavy atom. The predicted octanol–water partition coefficient (Wildman–Crippen LogP) is 3.10. The molecule has 20 heavy (non-hydrogen) atoms. The first-order chi connectivity index (χ1) is 9.60. The van der Waals surface area contributed by atoms with Gasteiger partial charge in [-0.05, 0) is 48.1 Å². The third-order valence-corrected chi connectivity index (χ3v) is 3.88. The number of carbonyl (C=O) groups is 2. The van der Waals surface area contributed by atoms with Crippen LogP contribution >= 0.6 is 22.6 Å². The second kappa shape index (κ2) is 8.94. The molecule has 1 aromatic carbocycles. The van der Waals surface area contributed by atoms with Gasteiger partial charge in [0.05, 0.1) is 5.56 Å². The lowest BCUT2D eigenvalue weighted by Gasteiger charge is -2.20. The minimum absolute atomic E-state index is 0.139. The maximum absolute atomic E-state index is 11.9. The molecule has 4 nitrogen and oxygen atoms in total. The predicted molar refractivity (Wildman–Crippen MR) is 86.6 cm³/mol. The summed E-state index contributed by atoms with van der Waals surface area (Å²) in [6.07, 6.45) is 2.00. The molecule has 0 aliphatic rings. The molecule has 0 fully saturated rings. The number of hydrogen-bond donors (Lipinski definition) is 0. The van der Waals surface area contributed by atoms with Crippen LogP contribution in [0.5, 0.6) is 0 Å². The molecular formula is C15H20INO3. The van der Waals surface area contributed by atoms with E-state index in [0.29, 0.717) is 18.7 Å². The molecule has 1 rings (SSSR count). The van der Waals surface area contributed by atoms with E-state index in [1.165, 1.54) is 0 Å². The molecule has 0 radical (unpaired) electrons. The van der Waals surface area contributed by atoms with Gasteiger partial charge in [-0.15, -0.1) is 0 Å². The first-order valence-electron chi connectivity index (χ1n) is 6.79. The summed E-state index contributed by atoms with van der Waals surface area (Å²) in [4.78, 5) is 25.6. The molecule has 5 heteroatoms. The lowest BCUT2D eigenvalue weighted by molar-refractivity contribution is -0.134. The molecule has 0 spiro atoms. The third-order valence-electron chi connectivity index (χ3n) is 2.94. The van der Waals surface area contributed by atoms with Crippen LogP contribution in [0.4, 0.5) is 0 Å². The van der Waals surface area contributed by atoms with E-state index < -0.39 is 5.97 Å². The zero-order valence-corrected chi connectivity index (χ0v) is 14.1. The average molecular weight is 389 g/mol. The van der Waals surface area contributed by atoms with Crippen LogP contribution in [0, 0.1) is 3.57 Å². The average Bonchev–Trinajstić information content (AvgIpc) is 2.46. The van der Waals surface area contributed by atoms with Crippen LogP contribution in [0.2, 0.25) is 0 Å². The molecule has 0 aliphatic carbocycles. The molecule has 0 aromatic heterocycles. The van der Waals surface area contributed by atoms with Crippen molar-refractivity contribution in [3.05, 3.63) is 33.4 Å². The van der Waals surface area contributed by atoms with E-state index >= 15 is 0 Å². The maximum Gasteiger partial charge on any atom is 0.339 e. The van der Waals surface area contributed by atoms with E-state index in [1.807, 2.05) is 19.1 Å². The van der Waals surface area contributed by atoms with E-state index in [9.17, 15) is 9.59 Å². The fourth-order valence-corrected chi connectivity index (χ4v) is 2.34. The Labute approximate surface area is 133 Å². The number of benzene rings is 1. The fourth-order valence-electron chi connectivity index (χ4n) is 1.73. The number of likely N-dealkylation sites (N-methyl/N-ethyl adjacent to an activating group) is 1. The van der Waals surface area contributed by atoms with Crippen molar-refractivity contribution in [3.63, 3.8) is 0 Å². The number of esters is 1. The number of amides is 1. The molecule has 0 bridgehead atoms. The smallest absolute Gasteiger partial charge is 0.339 e. The van der Waals surface area contributed by atoms with E-state index in [2.05, 4.69) is 29.5 Å². The van der Waals surface area contributed by atoms with Crippen LogP contribution in [0.25, 0.3) is 0 Å². The minimum Gasteiger partial charge on any atom is -0.452 e. The third kappa shape index (κ3) is 5.11. The summed E-state index contributed by atoms with van der Waals surface area (Å²) in [5.41, 5.74) is 0.498. The Balaban J connectivity index is 2.52. The van der Waals surface area contributed by atoms with Crippen molar-refractivity contribution in [1.82, 2.24) is 4.90 Å². The highest BCUT2D eigenvalue weighted by Crippen LogP contribution is 2.12. The van der Waals surface area contributed by atoms with Crippen LogP contribution in [0.3, 0.4) is 0 Å². The van der Waals surface area contributed by atoms with Gasteiger partial charge in [0.2, 0.25) is 0 Å². The minimum atomic E-state index is -0.449. The van der Waals surface area contributed by atoms with Gasteiger partial charge in [-0.2, -0.15) is 0 Å². The van der Waals surface area contributed by atoms with Crippen LogP contribution < -0.4 is 0 Å². The molecule has 0 unspecified atom stereocenters. The molecular weight excluding hydrogens is 369 g/mol. The van der Waals surface area contributed by atoms with Gasteiger partial charge in [0.25, 0.3) is 5.91 Å². The van der Waals surface area contributed by atoms with Crippen molar-refractivity contribution < 1.29 is 14.3 Å². The summed E-state index contributed by atoms with van der Waals surface area (Å²) in [6, 6.07) is 7.16. The van der Waals surface area contributed by atoms with E-state index in [1.54, 1.807) is 17.0 Å². The van der Waals surface area contributed by atoms with Gasteiger partial charge in [-0.25, -0.2) is 4.79 Å². The normalized spacial score (nSPS) is 10.2. The molecule has 1 amide bonds. The Kier molecular flexibility index (Phi) is 7.58. The van der Waals surface area contributed by atoms with E-state index in [4.69, 9.17) is 4.74 Å². The Morgan fingerprint density at radius 1 is 1.25 bits per heavy atom. The number of nitrogens with zero attached hydrogens (tertiary/aromatic N) is 1. The van der Waals surface area contributed by atoms with E-state index in [0.717, 1.165) is 16.4 Å². The van der Waals surface area contributed by atoms with Gasteiger partial charge in [-0.1, -0.05) is 25.5 Å². The topological polar surface area (TPSA) is 46.6 Å². The van der Waals surface area contributed by atoms with Crippen LogP contribution in [0.1, 0.15) is 37.0 Å². The number of unbranched alkanes of at least 4 members (excludes halogenated alkanes) is 1. The van der Waals surface area contributed by atoms with Crippen LogP contribution in [-0.4, -0.2) is 36.5 Å². The van der Waals surface area contributed by atoms with Gasteiger partial charge in [-0.3, -0.25) is 4.79 Å². The molecule has 0 saturated carbocycles. The van der Waals surface area contributed by atoms with Gasteiger partial charge in [0, 0.05) is 16.7 Å². The summed E-state index contributed by atoms with van der Waals surface area (Å²) in [5, 5.41) is 0. The largest absolute Gasteiger partial charge is 0.452 e. The SMILES string of the molecule is CCCCN(CC)C(=O)COC(=O)c1ccccc1I. The Hall–Kier alpha value is -1.11.